The van der Waals surface area contributed by atoms with E-state index in [1.165, 1.54) is 0 Å². The number of aromatic hydroxyl groups is 1. The summed E-state index contributed by atoms with van der Waals surface area (Å²) in [7, 11) is 0. The molecule has 3 aromatic rings. The number of phenolic OH excluding ortho intramolecular Hbond substituents is 1. The average molecular weight is 322 g/mol. The van der Waals surface area contributed by atoms with E-state index in [1.807, 2.05) is 43.3 Å². The van der Waals surface area contributed by atoms with Crippen molar-refractivity contribution < 1.29 is 5.11 Å². The first-order valence-electron chi connectivity index (χ1n) is 8.14. The number of hydrogen-bond acceptors (Lipinski definition) is 5. The number of hydrogen-bond donors (Lipinski definition) is 3. The highest BCUT2D eigenvalue weighted by molar-refractivity contribution is 5.90. The van der Waals surface area contributed by atoms with Crippen molar-refractivity contribution in [2.24, 2.45) is 5.73 Å². The number of benzene rings is 2. The summed E-state index contributed by atoms with van der Waals surface area (Å²) in [5.74, 6) is 1.41. The van der Waals surface area contributed by atoms with Gasteiger partial charge in [0.25, 0.3) is 0 Å². The van der Waals surface area contributed by atoms with Crippen LogP contribution in [0.5, 0.6) is 5.75 Å². The number of aromatic nitrogens is 2. The van der Waals surface area contributed by atoms with Crippen LogP contribution in [0.4, 0.5) is 5.82 Å². The molecule has 0 amide bonds. The molecule has 24 heavy (non-hydrogen) atoms. The number of fused-ring (bicyclic) bond motifs is 1. The third-order valence-electron chi connectivity index (χ3n) is 4.05. The van der Waals surface area contributed by atoms with Gasteiger partial charge in [0.1, 0.15) is 11.6 Å². The average Bonchev–Trinajstić information content (AvgIpc) is 2.61. The fraction of sp³-hybridized carbons (Fsp3) is 0.263. The van der Waals surface area contributed by atoms with Gasteiger partial charge in [0.2, 0.25) is 0 Å². The summed E-state index contributed by atoms with van der Waals surface area (Å²) in [4.78, 5) is 9.25. The van der Waals surface area contributed by atoms with Gasteiger partial charge in [-0.15, -0.1) is 0 Å². The summed E-state index contributed by atoms with van der Waals surface area (Å²) < 4.78 is 0. The van der Waals surface area contributed by atoms with Gasteiger partial charge < -0.3 is 16.2 Å². The molecule has 0 bridgehead atoms. The van der Waals surface area contributed by atoms with E-state index in [0.29, 0.717) is 17.9 Å². The van der Waals surface area contributed by atoms with E-state index < -0.39 is 0 Å². The summed E-state index contributed by atoms with van der Waals surface area (Å²) >= 11 is 0. The van der Waals surface area contributed by atoms with Crippen LogP contribution in [0.25, 0.3) is 22.3 Å². The molecule has 0 aliphatic rings. The third kappa shape index (κ3) is 3.31. The van der Waals surface area contributed by atoms with E-state index in [4.69, 9.17) is 5.73 Å². The van der Waals surface area contributed by atoms with Crippen LogP contribution in [0, 0.1) is 6.92 Å². The molecule has 0 saturated heterocycles. The minimum absolute atomic E-state index is 0.0644. The van der Waals surface area contributed by atoms with Gasteiger partial charge in [-0.2, -0.15) is 0 Å². The van der Waals surface area contributed by atoms with Crippen molar-refractivity contribution in [2.45, 2.75) is 26.3 Å². The Morgan fingerprint density at radius 1 is 1.17 bits per heavy atom. The van der Waals surface area contributed by atoms with Gasteiger partial charge >= 0.3 is 0 Å². The number of phenols is 1. The number of aryl methyl sites for hydroxylation is 1. The van der Waals surface area contributed by atoms with Crippen LogP contribution in [0.15, 0.2) is 42.5 Å². The monoisotopic (exact) mass is 322 g/mol. The van der Waals surface area contributed by atoms with Crippen LogP contribution in [-0.2, 0) is 0 Å². The van der Waals surface area contributed by atoms with Crippen molar-refractivity contribution in [3.8, 4) is 17.1 Å². The van der Waals surface area contributed by atoms with Gasteiger partial charge in [-0.05, 0) is 37.6 Å². The second kappa shape index (κ2) is 6.84. The number of anilines is 1. The van der Waals surface area contributed by atoms with Crippen LogP contribution in [0.2, 0.25) is 0 Å². The quantitative estimate of drug-likeness (QED) is 0.670. The SMILES string of the molecule is CCC(N)CNc1nc(-c2cc(C)ccc2O)nc2ccccc12. The zero-order valence-electron chi connectivity index (χ0n) is 14.0. The molecule has 0 aliphatic carbocycles. The molecule has 2 aromatic carbocycles. The van der Waals surface area contributed by atoms with Crippen molar-refractivity contribution in [1.29, 1.82) is 0 Å². The van der Waals surface area contributed by atoms with Crippen LogP contribution < -0.4 is 11.1 Å². The number of nitrogens with one attached hydrogen (secondary N) is 1. The normalized spacial score (nSPS) is 12.3. The molecule has 1 heterocycles. The summed E-state index contributed by atoms with van der Waals surface area (Å²) in [5, 5.41) is 14.5. The minimum atomic E-state index is 0.0644. The molecular weight excluding hydrogens is 300 g/mol. The maximum absolute atomic E-state index is 10.2. The molecular formula is C19H22N4O. The van der Waals surface area contributed by atoms with E-state index in [2.05, 4.69) is 22.2 Å². The fourth-order valence-electron chi connectivity index (χ4n) is 2.53. The summed E-state index contributed by atoms with van der Waals surface area (Å²) in [6.45, 7) is 4.67. The van der Waals surface area contributed by atoms with Gasteiger partial charge in [0.05, 0.1) is 11.1 Å². The van der Waals surface area contributed by atoms with Crippen molar-refractivity contribution in [3.05, 3.63) is 48.0 Å². The molecule has 0 saturated carbocycles. The first kappa shape index (κ1) is 16.2. The largest absolute Gasteiger partial charge is 0.507 e. The number of nitrogens with two attached hydrogens (primary N) is 1. The van der Waals surface area contributed by atoms with E-state index in [1.54, 1.807) is 6.07 Å². The molecule has 0 aliphatic heterocycles. The van der Waals surface area contributed by atoms with Crippen LogP contribution in [0.3, 0.4) is 0 Å². The van der Waals surface area contributed by atoms with E-state index in [9.17, 15) is 5.11 Å². The Morgan fingerprint density at radius 2 is 1.96 bits per heavy atom. The molecule has 4 N–H and O–H groups in total. The molecule has 5 nitrogen and oxygen atoms in total. The minimum Gasteiger partial charge on any atom is -0.507 e. The topological polar surface area (TPSA) is 84.1 Å². The van der Waals surface area contributed by atoms with Crippen LogP contribution in [0.1, 0.15) is 18.9 Å². The number of para-hydroxylation sites is 1. The summed E-state index contributed by atoms with van der Waals surface area (Å²) in [6, 6.07) is 13.3. The predicted molar refractivity (Wildman–Crippen MR) is 98.1 cm³/mol. The second-order valence-corrected chi connectivity index (χ2v) is 5.98. The Balaban J connectivity index is 2.11. The Morgan fingerprint density at radius 3 is 2.75 bits per heavy atom. The van der Waals surface area contributed by atoms with Crippen molar-refractivity contribution in [3.63, 3.8) is 0 Å². The molecule has 1 atom stereocenters. The lowest BCUT2D eigenvalue weighted by Gasteiger charge is -2.14. The fourth-order valence-corrected chi connectivity index (χ4v) is 2.53. The van der Waals surface area contributed by atoms with Crippen molar-refractivity contribution in [2.75, 3.05) is 11.9 Å². The lowest BCUT2D eigenvalue weighted by molar-refractivity contribution is 0.477. The molecule has 1 aromatic heterocycles. The predicted octanol–water partition coefficient (Wildman–Crippen LogP) is 3.46. The highest BCUT2D eigenvalue weighted by Crippen LogP contribution is 2.30. The Bertz CT molecular complexity index is 863. The van der Waals surface area contributed by atoms with Crippen LogP contribution >= 0.6 is 0 Å². The molecule has 5 heteroatoms. The van der Waals surface area contributed by atoms with Gasteiger partial charge in [0.15, 0.2) is 5.82 Å². The zero-order chi connectivity index (χ0) is 17.1. The standard InChI is InChI=1S/C19H22N4O/c1-3-13(20)11-21-18-14-6-4-5-7-16(14)22-19(23-18)15-10-12(2)8-9-17(15)24/h4-10,13,24H,3,11,20H2,1-2H3,(H,21,22,23). The van der Waals surface area contributed by atoms with Gasteiger partial charge in [-0.1, -0.05) is 30.7 Å². The highest BCUT2D eigenvalue weighted by Gasteiger charge is 2.13. The van der Waals surface area contributed by atoms with Gasteiger partial charge in [0, 0.05) is 18.0 Å². The first-order chi connectivity index (χ1) is 11.6. The zero-order valence-corrected chi connectivity index (χ0v) is 14.0. The maximum Gasteiger partial charge on any atom is 0.165 e. The highest BCUT2D eigenvalue weighted by atomic mass is 16.3. The lowest BCUT2D eigenvalue weighted by atomic mass is 10.1. The van der Waals surface area contributed by atoms with Crippen molar-refractivity contribution >= 4 is 16.7 Å². The Kier molecular flexibility index (Phi) is 4.62. The summed E-state index contributed by atoms with van der Waals surface area (Å²) in [5.41, 5.74) is 8.51. The Hall–Kier alpha value is -2.66. The maximum atomic E-state index is 10.2. The van der Waals surface area contributed by atoms with E-state index >= 15 is 0 Å². The third-order valence-corrected chi connectivity index (χ3v) is 4.05. The molecule has 0 spiro atoms. The molecule has 124 valence electrons. The molecule has 0 fully saturated rings. The molecule has 0 radical (unpaired) electrons. The molecule has 1 unspecified atom stereocenters. The van der Waals surface area contributed by atoms with Crippen LogP contribution in [-0.4, -0.2) is 27.7 Å². The lowest BCUT2D eigenvalue weighted by Crippen LogP contribution is -2.28. The van der Waals surface area contributed by atoms with E-state index in [-0.39, 0.29) is 11.8 Å². The summed E-state index contributed by atoms with van der Waals surface area (Å²) in [6.07, 6.45) is 0.890. The second-order valence-electron chi connectivity index (χ2n) is 5.98. The first-order valence-corrected chi connectivity index (χ1v) is 8.14. The van der Waals surface area contributed by atoms with Crippen molar-refractivity contribution in [1.82, 2.24) is 9.97 Å². The van der Waals surface area contributed by atoms with Gasteiger partial charge in [-0.25, -0.2) is 9.97 Å². The smallest absolute Gasteiger partial charge is 0.165 e. The Labute approximate surface area is 141 Å². The number of rotatable bonds is 5. The number of nitrogens with zero attached hydrogens (tertiary/aromatic N) is 2. The van der Waals surface area contributed by atoms with E-state index in [0.717, 1.165) is 28.7 Å². The molecule has 3 rings (SSSR count). The van der Waals surface area contributed by atoms with Gasteiger partial charge in [-0.3, -0.25) is 0 Å².